The number of nitrogens with zero attached hydrogens (tertiary/aromatic N) is 2. The number of rotatable bonds is 3. The smallest absolute Gasteiger partial charge is 0.289 e. The molecule has 5 nitrogen and oxygen atoms in total. The highest BCUT2D eigenvalue weighted by Gasteiger charge is 2.35. The summed E-state index contributed by atoms with van der Waals surface area (Å²) in [6.07, 6.45) is 0.706. The summed E-state index contributed by atoms with van der Waals surface area (Å²) in [7, 11) is 1.89. The van der Waals surface area contributed by atoms with Crippen LogP contribution in [0.25, 0.3) is 0 Å². The summed E-state index contributed by atoms with van der Waals surface area (Å²) in [5.41, 5.74) is 1.16. The van der Waals surface area contributed by atoms with Gasteiger partial charge in [0.25, 0.3) is 5.91 Å². The van der Waals surface area contributed by atoms with E-state index in [1.54, 1.807) is 19.9 Å². The van der Waals surface area contributed by atoms with Crippen molar-refractivity contribution in [1.29, 1.82) is 0 Å². The van der Waals surface area contributed by atoms with Crippen LogP contribution in [0.15, 0.2) is 22.6 Å². The molecule has 3 rings (SSSR count). The number of nitrogens with one attached hydrogen (secondary N) is 1. The molecule has 1 saturated heterocycles. The number of likely N-dealkylation sites (tertiary alicyclic amines) is 1. The SMILES string of the molecule is Cc1nc(C)c(C(=O)NC2CCN(C)C2c2ccc(F)c(F)c2)o1. The van der Waals surface area contributed by atoms with Crippen LogP contribution in [-0.4, -0.2) is 35.4 Å². The molecule has 1 aromatic heterocycles. The van der Waals surface area contributed by atoms with Gasteiger partial charge in [-0.2, -0.15) is 0 Å². The van der Waals surface area contributed by atoms with Crippen molar-refractivity contribution < 1.29 is 18.0 Å². The van der Waals surface area contributed by atoms with E-state index in [9.17, 15) is 13.6 Å². The summed E-state index contributed by atoms with van der Waals surface area (Å²) in [6.45, 7) is 4.12. The van der Waals surface area contributed by atoms with E-state index in [0.717, 1.165) is 12.6 Å². The van der Waals surface area contributed by atoms with Gasteiger partial charge in [-0.25, -0.2) is 13.8 Å². The first-order chi connectivity index (χ1) is 11.4. The summed E-state index contributed by atoms with van der Waals surface area (Å²) in [6, 6.07) is 3.39. The normalized spacial score (nSPS) is 21.2. The molecule has 0 spiro atoms. The second kappa shape index (κ2) is 6.32. The topological polar surface area (TPSA) is 58.4 Å². The first-order valence-electron chi connectivity index (χ1n) is 7.77. The molecule has 1 N–H and O–H groups in total. The van der Waals surface area contributed by atoms with Crippen LogP contribution in [0.3, 0.4) is 0 Å². The van der Waals surface area contributed by atoms with Crippen LogP contribution in [0.5, 0.6) is 0 Å². The fourth-order valence-electron chi connectivity index (χ4n) is 3.26. The van der Waals surface area contributed by atoms with Gasteiger partial charge in [0.05, 0.1) is 17.8 Å². The Kier molecular flexibility index (Phi) is 4.36. The Labute approximate surface area is 138 Å². The third kappa shape index (κ3) is 3.03. The van der Waals surface area contributed by atoms with Crippen LogP contribution in [0, 0.1) is 25.5 Å². The molecule has 7 heteroatoms. The van der Waals surface area contributed by atoms with Crippen molar-refractivity contribution in [1.82, 2.24) is 15.2 Å². The zero-order valence-electron chi connectivity index (χ0n) is 13.8. The molecule has 24 heavy (non-hydrogen) atoms. The van der Waals surface area contributed by atoms with E-state index >= 15 is 0 Å². The van der Waals surface area contributed by atoms with E-state index in [1.165, 1.54) is 6.07 Å². The highest BCUT2D eigenvalue weighted by atomic mass is 19.2. The average Bonchev–Trinajstić information content (AvgIpc) is 3.04. The lowest BCUT2D eigenvalue weighted by Gasteiger charge is -2.26. The molecule has 1 aromatic carbocycles. The molecule has 1 amide bonds. The zero-order valence-corrected chi connectivity index (χ0v) is 13.8. The van der Waals surface area contributed by atoms with Crippen molar-refractivity contribution >= 4 is 5.91 Å². The molecule has 0 bridgehead atoms. The van der Waals surface area contributed by atoms with Crippen molar-refractivity contribution in [3.8, 4) is 0 Å². The van der Waals surface area contributed by atoms with Gasteiger partial charge in [-0.05, 0) is 38.1 Å². The van der Waals surface area contributed by atoms with Crippen LogP contribution in [0.2, 0.25) is 0 Å². The van der Waals surface area contributed by atoms with Gasteiger partial charge in [0.1, 0.15) is 0 Å². The summed E-state index contributed by atoms with van der Waals surface area (Å²) < 4.78 is 32.1. The lowest BCUT2D eigenvalue weighted by atomic mass is 9.99. The lowest BCUT2D eigenvalue weighted by molar-refractivity contribution is 0.0897. The fraction of sp³-hybridized carbons (Fsp3) is 0.412. The van der Waals surface area contributed by atoms with Crippen molar-refractivity contribution in [2.75, 3.05) is 13.6 Å². The van der Waals surface area contributed by atoms with Gasteiger partial charge in [0, 0.05) is 13.5 Å². The van der Waals surface area contributed by atoms with Crippen LogP contribution in [0.1, 0.15) is 40.2 Å². The Bertz CT molecular complexity index is 775. The number of halogens is 2. The maximum atomic E-state index is 13.6. The minimum absolute atomic E-state index is 0.186. The second-order valence-electron chi connectivity index (χ2n) is 6.12. The highest BCUT2D eigenvalue weighted by Crippen LogP contribution is 2.32. The molecular weight excluding hydrogens is 316 g/mol. The zero-order chi connectivity index (χ0) is 17.4. The number of likely N-dealkylation sites (N-methyl/N-ethyl adjacent to an activating group) is 1. The Balaban J connectivity index is 1.82. The molecule has 0 radical (unpaired) electrons. The van der Waals surface area contributed by atoms with Gasteiger partial charge in [0.2, 0.25) is 5.76 Å². The number of aromatic nitrogens is 1. The summed E-state index contributed by atoms with van der Waals surface area (Å²) in [5.74, 6) is -1.50. The predicted octanol–water partition coefficient (Wildman–Crippen LogP) is 2.74. The molecule has 1 fully saturated rings. The molecule has 0 aliphatic carbocycles. The predicted molar refractivity (Wildman–Crippen MR) is 83.6 cm³/mol. The van der Waals surface area contributed by atoms with E-state index in [0.29, 0.717) is 23.6 Å². The van der Waals surface area contributed by atoms with E-state index in [1.807, 2.05) is 11.9 Å². The summed E-state index contributed by atoms with van der Waals surface area (Å²) in [4.78, 5) is 18.5. The first kappa shape index (κ1) is 16.6. The van der Waals surface area contributed by atoms with Gasteiger partial charge in [0.15, 0.2) is 17.5 Å². The third-order valence-corrected chi connectivity index (χ3v) is 4.36. The number of hydrogen-bond donors (Lipinski definition) is 1. The van der Waals surface area contributed by atoms with E-state index in [4.69, 9.17) is 4.42 Å². The van der Waals surface area contributed by atoms with Gasteiger partial charge in [-0.3, -0.25) is 9.69 Å². The quantitative estimate of drug-likeness (QED) is 0.937. The Morgan fingerprint density at radius 3 is 2.71 bits per heavy atom. The monoisotopic (exact) mass is 335 g/mol. The van der Waals surface area contributed by atoms with Gasteiger partial charge in [-0.15, -0.1) is 0 Å². The van der Waals surface area contributed by atoms with Crippen LogP contribution < -0.4 is 5.32 Å². The van der Waals surface area contributed by atoms with Crippen LogP contribution >= 0.6 is 0 Å². The number of amides is 1. The summed E-state index contributed by atoms with van der Waals surface area (Å²) in [5, 5.41) is 2.93. The Morgan fingerprint density at radius 2 is 2.08 bits per heavy atom. The number of oxazole rings is 1. The van der Waals surface area contributed by atoms with Gasteiger partial charge in [-0.1, -0.05) is 6.07 Å². The fourth-order valence-corrected chi connectivity index (χ4v) is 3.26. The molecule has 2 aromatic rings. The molecule has 2 atom stereocenters. The summed E-state index contributed by atoms with van der Waals surface area (Å²) >= 11 is 0. The average molecular weight is 335 g/mol. The van der Waals surface area contributed by atoms with E-state index < -0.39 is 11.6 Å². The number of carbonyl (C=O) groups is 1. The molecule has 0 saturated carbocycles. The minimum atomic E-state index is -0.889. The van der Waals surface area contributed by atoms with Gasteiger partial charge < -0.3 is 9.73 Å². The van der Waals surface area contributed by atoms with Crippen molar-refractivity contribution in [3.05, 3.63) is 52.7 Å². The van der Waals surface area contributed by atoms with Gasteiger partial charge >= 0.3 is 0 Å². The molecule has 2 heterocycles. The molecular formula is C17H19F2N3O2. The van der Waals surface area contributed by atoms with E-state index in [-0.39, 0.29) is 23.8 Å². The number of benzene rings is 1. The number of carbonyl (C=O) groups excluding carboxylic acids is 1. The van der Waals surface area contributed by atoms with Crippen molar-refractivity contribution in [3.63, 3.8) is 0 Å². The first-order valence-corrected chi connectivity index (χ1v) is 7.77. The Hall–Kier alpha value is -2.28. The third-order valence-electron chi connectivity index (χ3n) is 4.36. The Morgan fingerprint density at radius 1 is 1.33 bits per heavy atom. The number of hydrogen-bond acceptors (Lipinski definition) is 4. The molecule has 1 aliphatic heterocycles. The maximum Gasteiger partial charge on any atom is 0.289 e. The maximum absolute atomic E-state index is 13.6. The second-order valence-corrected chi connectivity index (χ2v) is 6.12. The molecule has 2 unspecified atom stereocenters. The molecule has 128 valence electrons. The highest BCUT2D eigenvalue weighted by molar-refractivity contribution is 5.92. The van der Waals surface area contributed by atoms with Crippen molar-refractivity contribution in [2.45, 2.75) is 32.4 Å². The lowest BCUT2D eigenvalue weighted by Crippen LogP contribution is -2.39. The molecule has 1 aliphatic rings. The minimum Gasteiger partial charge on any atom is -0.436 e. The van der Waals surface area contributed by atoms with E-state index in [2.05, 4.69) is 10.3 Å². The number of aryl methyl sites for hydroxylation is 2. The van der Waals surface area contributed by atoms with Crippen molar-refractivity contribution in [2.24, 2.45) is 0 Å². The largest absolute Gasteiger partial charge is 0.436 e. The van der Waals surface area contributed by atoms with Crippen LogP contribution in [0.4, 0.5) is 8.78 Å². The standard InChI is InChI=1S/C17H19F2N3O2/c1-9-16(24-10(2)20-9)17(23)21-14-6-7-22(3)15(14)11-4-5-12(18)13(19)8-11/h4-5,8,14-15H,6-7H2,1-3H3,(H,21,23). The van der Waals surface area contributed by atoms with Crippen LogP contribution in [-0.2, 0) is 0 Å².